The van der Waals surface area contributed by atoms with Gasteiger partial charge in [-0.15, -0.1) is 0 Å². The molecule has 1 aromatic heterocycles. The number of ether oxygens (including phenoxy) is 1. The molecule has 0 saturated heterocycles. The maximum atomic E-state index is 13.4. The predicted molar refractivity (Wildman–Crippen MR) is 138 cm³/mol. The smallest absolute Gasteiger partial charge is 0.311 e. The summed E-state index contributed by atoms with van der Waals surface area (Å²) in [5, 5.41) is 2.98. The molecule has 0 unspecified atom stereocenters. The number of benzene rings is 3. The fourth-order valence-corrected chi connectivity index (χ4v) is 4.31. The summed E-state index contributed by atoms with van der Waals surface area (Å²) in [5.41, 5.74) is 3.74. The number of hydrogen-bond donors (Lipinski definition) is 1. The standard InChI is InChI=1S/C29H28FN3O3/c1-20(31-18-17-25(21-9-5-3-6-10-21)22-11-7-4-8-12-22)28-26(19-27(34)36-2)32-33(29(28)35)24-15-13-23(30)14-16-24/h3-16,25,32H,17-19H2,1-2H3. The monoisotopic (exact) mass is 485 g/mol. The van der Waals surface area contributed by atoms with Crippen molar-refractivity contribution < 1.29 is 13.9 Å². The molecule has 0 aliphatic heterocycles. The van der Waals surface area contributed by atoms with Gasteiger partial charge in [0.15, 0.2) is 0 Å². The molecule has 0 saturated carbocycles. The number of aromatic amines is 1. The van der Waals surface area contributed by atoms with Crippen molar-refractivity contribution in [1.82, 2.24) is 9.78 Å². The molecule has 36 heavy (non-hydrogen) atoms. The van der Waals surface area contributed by atoms with E-state index in [-0.39, 0.29) is 17.9 Å². The van der Waals surface area contributed by atoms with Crippen LogP contribution in [0.1, 0.15) is 41.6 Å². The molecule has 0 radical (unpaired) electrons. The number of esters is 1. The minimum atomic E-state index is -0.482. The van der Waals surface area contributed by atoms with Crippen LogP contribution in [0.4, 0.5) is 4.39 Å². The van der Waals surface area contributed by atoms with Gasteiger partial charge < -0.3 is 4.74 Å². The minimum absolute atomic E-state index is 0.112. The second kappa shape index (κ2) is 11.4. The number of carbonyl (C=O) groups excluding carboxylic acids is 1. The molecule has 4 aromatic rings. The fraction of sp³-hybridized carbons (Fsp3) is 0.207. The van der Waals surface area contributed by atoms with Crippen LogP contribution in [-0.2, 0) is 16.0 Å². The first-order chi connectivity index (χ1) is 17.5. The van der Waals surface area contributed by atoms with E-state index >= 15 is 0 Å². The average Bonchev–Trinajstić information content (AvgIpc) is 3.23. The van der Waals surface area contributed by atoms with E-state index in [1.165, 1.54) is 47.2 Å². The minimum Gasteiger partial charge on any atom is -0.469 e. The maximum absolute atomic E-state index is 13.4. The fourth-order valence-electron chi connectivity index (χ4n) is 4.31. The third kappa shape index (κ3) is 5.68. The Kier molecular flexibility index (Phi) is 7.90. The van der Waals surface area contributed by atoms with Crippen molar-refractivity contribution in [2.75, 3.05) is 13.7 Å². The van der Waals surface area contributed by atoms with Crippen molar-refractivity contribution in [1.29, 1.82) is 0 Å². The SMILES string of the molecule is COC(=O)Cc1[nH]n(-c2ccc(F)cc2)c(=O)c1C(C)=NCCC(c1ccccc1)c1ccccc1. The van der Waals surface area contributed by atoms with Crippen molar-refractivity contribution in [3.05, 3.63) is 123 Å². The Labute approximate surface area is 209 Å². The van der Waals surface area contributed by atoms with Crippen LogP contribution in [0.3, 0.4) is 0 Å². The Morgan fingerprint density at radius 2 is 1.56 bits per heavy atom. The normalized spacial score (nSPS) is 11.6. The highest BCUT2D eigenvalue weighted by Crippen LogP contribution is 2.28. The lowest BCUT2D eigenvalue weighted by Gasteiger charge is -2.17. The number of H-pyrrole nitrogens is 1. The molecule has 0 bridgehead atoms. The van der Waals surface area contributed by atoms with E-state index in [0.29, 0.717) is 29.2 Å². The van der Waals surface area contributed by atoms with Gasteiger partial charge >= 0.3 is 5.97 Å². The van der Waals surface area contributed by atoms with E-state index in [1.807, 2.05) is 36.4 Å². The van der Waals surface area contributed by atoms with Gasteiger partial charge in [-0.05, 0) is 48.7 Å². The number of hydrogen-bond acceptors (Lipinski definition) is 4. The van der Waals surface area contributed by atoms with Gasteiger partial charge in [-0.25, -0.2) is 9.07 Å². The van der Waals surface area contributed by atoms with Gasteiger partial charge in [0.05, 0.1) is 30.5 Å². The maximum Gasteiger partial charge on any atom is 0.311 e. The van der Waals surface area contributed by atoms with Gasteiger partial charge in [0, 0.05) is 18.2 Å². The van der Waals surface area contributed by atoms with E-state index in [0.717, 1.165) is 6.42 Å². The van der Waals surface area contributed by atoms with Gasteiger partial charge in [0.2, 0.25) is 0 Å². The van der Waals surface area contributed by atoms with Gasteiger partial charge in [0.1, 0.15) is 5.82 Å². The number of rotatable bonds is 9. The van der Waals surface area contributed by atoms with E-state index in [1.54, 1.807) is 6.92 Å². The van der Waals surface area contributed by atoms with Gasteiger partial charge in [-0.2, -0.15) is 0 Å². The van der Waals surface area contributed by atoms with Gasteiger partial charge in [-0.3, -0.25) is 19.7 Å². The van der Waals surface area contributed by atoms with Crippen molar-refractivity contribution in [2.45, 2.75) is 25.7 Å². The third-order valence-electron chi connectivity index (χ3n) is 6.13. The lowest BCUT2D eigenvalue weighted by molar-refractivity contribution is -0.139. The number of aliphatic imine (C=N–C) groups is 1. The molecule has 0 atom stereocenters. The van der Waals surface area contributed by atoms with Crippen LogP contribution in [0, 0.1) is 5.82 Å². The zero-order valence-electron chi connectivity index (χ0n) is 20.3. The Bertz CT molecular complexity index is 1350. The molecule has 0 amide bonds. The van der Waals surface area contributed by atoms with E-state index in [4.69, 9.17) is 9.73 Å². The molecule has 3 aromatic carbocycles. The van der Waals surface area contributed by atoms with Crippen LogP contribution < -0.4 is 5.56 Å². The van der Waals surface area contributed by atoms with Crippen molar-refractivity contribution in [2.24, 2.45) is 4.99 Å². The molecule has 0 aliphatic carbocycles. The first-order valence-corrected chi connectivity index (χ1v) is 11.8. The predicted octanol–water partition coefficient (Wildman–Crippen LogP) is 5.05. The lowest BCUT2D eigenvalue weighted by Crippen LogP contribution is -2.20. The molecule has 6 nitrogen and oxygen atoms in total. The summed E-state index contributed by atoms with van der Waals surface area (Å²) < 4.78 is 19.5. The summed E-state index contributed by atoms with van der Waals surface area (Å²) >= 11 is 0. The lowest BCUT2D eigenvalue weighted by atomic mass is 9.88. The molecular weight excluding hydrogens is 457 g/mol. The van der Waals surface area contributed by atoms with E-state index in [9.17, 15) is 14.0 Å². The van der Waals surface area contributed by atoms with Gasteiger partial charge in [0.25, 0.3) is 5.56 Å². The second-order valence-electron chi connectivity index (χ2n) is 8.47. The Morgan fingerprint density at radius 3 is 2.11 bits per heavy atom. The van der Waals surface area contributed by atoms with Crippen LogP contribution in [0.5, 0.6) is 0 Å². The summed E-state index contributed by atoms with van der Waals surface area (Å²) in [5.74, 6) is -0.733. The van der Waals surface area contributed by atoms with Gasteiger partial charge in [-0.1, -0.05) is 60.7 Å². The highest BCUT2D eigenvalue weighted by atomic mass is 19.1. The molecule has 0 spiro atoms. The van der Waals surface area contributed by atoms with Crippen LogP contribution >= 0.6 is 0 Å². The molecule has 184 valence electrons. The van der Waals surface area contributed by atoms with Crippen LogP contribution in [0.2, 0.25) is 0 Å². The topological polar surface area (TPSA) is 76.5 Å². The molecule has 1 N–H and O–H groups in total. The molecule has 4 rings (SSSR count). The summed E-state index contributed by atoms with van der Waals surface area (Å²) in [6.07, 6.45) is 0.632. The summed E-state index contributed by atoms with van der Waals surface area (Å²) in [7, 11) is 1.30. The zero-order chi connectivity index (χ0) is 25.5. The van der Waals surface area contributed by atoms with Crippen molar-refractivity contribution in [3.8, 4) is 5.69 Å². The third-order valence-corrected chi connectivity index (χ3v) is 6.13. The Hall–Kier alpha value is -4.26. The summed E-state index contributed by atoms with van der Waals surface area (Å²) in [4.78, 5) is 30.1. The van der Waals surface area contributed by atoms with Crippen LogP contribution in [0.15, 0.2) is 94.7 Å². The number of halogens is 1. The first kappa shape index (κ1) is 24.9. The van der Waals surface area contributed by atoms with Crippen LogP contribution in [0.25, 0.3) is 5.69 Å². The van der Waals surface area contributed by atoms with Crippen molar-refractivity contribution >= 4 is 11.7 Å². The summed E-state index contributed by atoms with van der Waals surface area (Å²) in [6, 6.07) is 26.1. The number of nitrogens with zero attached hydrogens (tertiary/aromatic N) is 2. The zero-order valence-corrected chi connectivity index (χ0v) is 20.3. The number of carbonyl (C=O) groups is 1. The molecular formula is C29H28FN3O3. The number of aromatic nitrogens is 2. The molecule has 1 heterocycles. The van der Waals surface area contributed by atoms with Crippen molar-refractivity contribution in [3.63, 3.8) is 0 Å². The van der Waals surface area contributed by atoms with E-state index < -0.39 is 11.8 Å². The average molecular weight is 486 g/mol. The second-order valence-corrected chi connectivity index (χ2v) is 8.47. The Morgan fingerprint density at radius 1 is 0.972 bits per heavy atom. The van der Waals surface area contributed by atoms with Crippen LogP contribution in [-0.4, -0.2) is 35.1 Å². The molecule has 7 heteroatoms. The Balaban J connectivity index is 1.64. The highest BCUT2D eigenvalue weighted by Gasteiger charge is 2.21. The quantitative estimate of drug-likeness (QED) is 0.266. The number of nitrogens with one attached hydrogen (secondary N) is 1. The van der Waals surface area contributed by atoms with E-state index in [2.05, 4.69) is 29.4 Å². The number of methoxy groups -OCH3 is 1. The summed E-state index contributed by atoms with van der Waals surface area (Å²) in [6.45, 7) is 2.25. The molecule has 0 aliphatic rings. The largest absolute Gasteiger partial charge is 0.469 e. The molecule has 0 fully saturated rings. The first-order valence-electron chi connectivity index (χ1n) is 11.8. The highest BCUT2D eigenvalue weighted by molar-refractivity contribution is 6.00.